The molecule has 2 heterocycles. The standard InChI is InChI=1S/C26H25N3O7/c1-3-34-26(32)27-19-7-4-6-18(14-19)25(31)36-16-24(30)29-22(23-8-5-13-35-23)15-21(28-29)17-9-11-20(33-2)12-10-17/h4-14,22H,3,15-16H2,1-2H3,(H,27,32). The molecule has 1 aromatic heterocycles. The lowest BCUT2D eigenvalue weighted by Crippen LogP contribution is -2.31. The van der Waals surface area contributed by atoms with Crippen LogP contribution in [0.25, 0.3) is 0 Å². The number of amides is 2. The van der Waals surface area contributed by atoms with E-state index in [-0.39, 0.29) is 12.2 Å². The highest BCUT2D eigenvalue weighted by Crippen LogP contribution is 2.33. The van der Waals surface area contributed by atoms with Crippen LogP contribution in [0.2, 0.25) is 0 Å². The topological polar surface area (TPSA) is 120 Å². The summed E-state index contributed by atoms with van der Waals surface area (Å²) in [7, 11) is 1.59. The molecule has 1 atom stereocenters. The van der Waals surface area contributed by atoms with Crippen molar-refractivity contribution in [1.29, 1.82) is 0 Å². The number of anilines is 1. The second kappa shape index (κ2) is 11.2. The van der Waals surface area contributed by atoms with Crippen LogP contribution in [-0.2, 0) is 14.3 Å². The zero-order chi connectivity index (χ0) is 25.5. The Morgan fingerprint density at radius 3 is 2.58 bits per heavy atom. The number of carbonyl (C=O) groups is 3. The van der Waals surface area contributed by atoms with Crippen LogP contribution < -0.4 is 10.1 Å². The molecule has 186 valence electrons. The minimum atomic E-state index is -0.719. The first-order valence-electron chi connectivity index (χ1n) is 11.3. The molecule has 0 bridgehead atoms. The van der Waals surface area contributed by atoms with Gasteiger partial charge < -0.3 is 18.6 Å². The summed E-state index contributed by atoms with van der Waals surface area (Å²) in [6, 6.07) is 16.5. The predicted octanol–water partition coefficient (Wildman–Crippen LogP) is 4.39. The molecule has 2 amide bonds. The van der Waals surface area contributed by atoms with Crippen molar-refractivity contribution in [3.05, 3.63) is 83.8 Å². The van der Waals surface area contributed by atoms with E-state index in [1.165, 1.54) is 23.4 Å². The predicted molar refractivity (Wildman–Crippen MR) is 130 cm³/mol. The van der Waals surface area contributed by atoms with Crippen molar-refractivity contribution in [3.63, 3.8) is 0 Å². The number of ether oxygens (including phenoxy) is 3. The molecular weight excluding hydrogens is 466 g/mol. The molecule has 10 nitrogen and oxygen atoms in total. The van der Waals surface area contributed by atoms with Crippen molar-refractivity contribution < 1.29 is 33.0 Å². The van der Waals surface area contributed by atoms with Gasteiger partial charge in [-0.3, -0.25) is 10.1 Å². The number of esters is 1. The third-order valence-electron chi connectivity index (χ3n) is 5.41. The molecule has 0 aliphatic carbocycles. The number of furan rings is 1. The molecule has 0 radical (unpaired) electrons. The number of carbonyl (C=O) groups excluding carboxylic acids is 3. The highest BCUT2D eigenvalue weighted by Gasteiger charge is 2.35. The fourth-order valence-electron chi connectivity index (χ4n) is 3.69. The van der Waals surface area contributed by atoms with Gasteiger partial charge in [-0.25, -0.2) is 14.6 Å². The molecular formula is C26H25N3O7. The van der Waals surface area contributed by atoms with Crippen LogP contribution in [0.4, 0.5) is 10.5 Å². The minimum Gasteiger partial charge on any atom is -0.497 e. The van der Waals surface area contributed by atoms with E-state index in [0.717, 1.165) is 5.56 Å². The Labute approximate surface area is 207 Å². The van der Waals surface area contributed by atoms with Crippen LogP contribution in [0.15, 0.2) is 76.4 Å². The van der Waals surface area contributed by atoms with Gasteiger partial charge in [0, 0.05) is 12.1 Å². The van der Waals surface area contributed by atoms with Gasteiger partial charge >= 0.3 is 12.1 Å². The number of nitrogens with one attached hydrogen (secondary N) is 1. The molecule has 10 heteroatoms. The lowest BCUT2D eigenvalue weighted by molar-refractivity contribution is -0.136. The Balaban J connectivity index is 1.45. The summed E-state index contributed by atoms with van der Waals surface area (Å²) in [4.78, 5) is 37.3. The second-order valence-electron chi connectivity index (χ2n) is 7.75. The smallest absolute Gasteiger partial charge is 0.411 e. The van der Waals surface area contributed by atoms with Gasteiger partial charge in [-0.15, -0.1) is 0 Å². The Morgan fingerprint density at radius 1 is 1.08 bits per heavy atom. The van der Waals surface area contributed by atoms with Gasteiger partial charge in [0.15, 0.2) is 6.61 Å². The quantitative estimate of drug-likeness (QED) is 0.464. The molecule has 0 fully saturated rings. The lowest BCUT2D eigenvalue weighted by atomic mass is 10.0. The van der Waals surface area contributed by atoms with Crippen molar-refractivity contribution in [2.24, 2.45) is 5.10 Å². The van der Waals surface area contributed by atoms with Gasteiger partial charge in [0.05, 0.1) is 31.3 Å². The van der Waals surface area contributed by atoms with Crippen LogP contribution in [0.5, 0.6) is 5.75 Å². The van der Waals surface area contributed by atoms with Crippen LogP contribution >= 0.6 is 0 Å². The molecule has 1 unspecified atom stereocenters. The van der Waals surface area contributed by atoms with E-state index in [4.69, 9.17) is 18.6 Å². The van der Waals surface area contributed by atoms with E-state index in [2.05, 4.69) is 10.4 Å². The highest BCUT2D eigenvalue weighted by molar-refractivity contribution is 6.03. The van der Waals surface area contributed by atoms with Gasteiger partial charge in [-0.2, -0.15) is 5.10 Å². The van der Waals surface area contributed by atoms with Gasteiger partial charge in [0.25, 0.3) is 5.91 Å². The van der Waals surface area contributed by atoms with Gasteiger partial charge in [0.1, 0.15) is 17.6 Å². The van der Waals surface area contributed by atoms with E-state index in [9.17, 15) is 14.4 Å². The number of nitrogens with zero attached hydrogens (tertiary/aromatic N) is 2. The summed E-state index contributed by atoms with van der Waals surface area (Å²) in [5.41, 5.74) is 2.06. The van der Waals surface area contributed by atoms with Crippen LogP contribution in [0, 0.1) is 0 Å². The number of rotatable bonds is 8. The van der Waals surface area contributed by atoms with E-state index in [1.54, 1.807) is 38.3 Å². The molecule has 0 saturated carbocycles. The number of benzene rings is 2. The maximum Gasteiger partial charge on any atom is 0.411 e. The van der Waals surface area contributed by atoms with Crippen molar-refractivity contribution in [2.75, 3.05) is 25.6 Å². The van der Waals surface area contributed by atoms with Crippen molar-refractivity contribution >= 4 is 29.4 Å². The number of methoxy groups -OCH3 is 1. The molecule has 1 aliphatic rings. The van der Waals surface area contributed by atoms with Crippen LogP contribution in [-0.4, -0.2) is 49.0 Å². The monoisotopic (exact) mass is 491 g/mol. The molecule has 0 saturated heterocycles. The zero-order valence-corrected chi connectivity index (χ0v) is 19.8. The fraction of sp³-hybridized carbons (Fsp3) is 0.231. The van der Waals surface area contributed by atoms with Crippen molar-refractivity contribution in [1.82, 2.24) is 5.01 Å². The maximum absolute atomic E-state index is 13.1. The van der Waals surface area contributed by atoms with Gasteiger partial charge in [-0.1, -0.05) is 6.07 Å². The molecule has 3 aromatic rings. The zero-order valence-electron chi connectivity index (χ0n) is 19.8. The van der Waals surface area contributed by atoms with Crippen LogP contribution in [0.3, 0.4) is 0 Å². The van der Waals surface area contributed by atoms with Crippen molar-refractivity contribution in [2.45, 2.75) is 19.4 Å². The summed E-state index contributed by atoms with van der Waals surface area (Å²) >= 11 is 0. The van der Waals surface area contributed by atoms with E-state index >= 15 is 0 Å². The van der Waals surface area contributed by atoms with E-state index in [0.29, 0.717) is 29.3 Å². The van der Waals surface area contributed by atoms with E-state index < -0.39 is 30.6 Å². The molecule has 2 aromatic carbocycles. The number of hydrogen-bond donors (Lipinski definition) is 1. The Morgan fingerprint density at radius 2 is 1.89 bits per heavy atom. The average molecular weight is 492 g/mol. The molecule has 1 aliphatic heterocycles. The Kier molecular flexibility index (Phi) is 7.64. The summed E-state index contributed by atoms with van der Waals surface area (Å²) in [6.45, 7) is 1.38. The van der Waals surface area contributed by atoms with E-state index in [1.807, 2.05) is 24.3 Å². The third-order valence-corrected chi connectivity index (χ3v) is 5.41. The lowest BCUT2D eigenvalue weighted by Gasteiger charge is -2.19. The second-order valence-corrected chi connectivity index (χ2v) is 7.75. The first kappa shape index (κ1) is 24.5. The largest absolute Gasteiger partial charge is 0.497 e. The number of hydrazone groups is 1. The normalized spacial score (nSPS) is 14.7. The first-order valence-corrected chi connectivity index (χ1v) is 11.3. The Hall–Kier alpha value is -4.60. The summed E-state index contributed by atoms with van der Waals surface area (Å²) in [5.74, 6) is 0.0546. The van der Waals surface area contributed by atoms with Crippen LogP contribution in [0.1, 0.15) is 41.1 Å². The summed E-state index contributed by atoms with van der Waals surface area (Å²) < 4.78 is 20.8. The minimum absolute atomic E-state index is 0.170. The summed E-state index contributed by atoms with van der Waals surface area (Å²) in [5, 5.41) is 8.31. The molecule has 0 spiro atoms. The first-order chi connectivity index (χ1) is 17.5. The molecule has 36 heavy (non-hydrogen) atoms. The van der Waals surface area contributed by atoms with Gasteiger partial charge in [0.2, 0.25) is 0 Å². The summed E-state index contributed by atoms with van der Waals surface area (Å²) in [6.07, 6.45) is 1.32. The van der Waals surface area contributed by atoms with Crippen molar-refractivity contribution in [3.8, 4) is 5.75 Å². The average Bonchev–Trinajstić information content (AvgIpc) is 3.58. The molecule has 4 rings (SSSR count). The fourth-order valence-corrected chi connectivity index (χ4v) is 3.69. The maximum atomic E-state index is 13.1. The number of hydrogen-bond acceptors (Lipinski definition) is 8. The molecule has 1 N–H and O–H groups in total. The van der Waals surface area contributed by atoms with Gasteiger partial charge in [-0.05, 0) is 67.1 Å². The SMILES string of the molecule is CCOC(=O)Nc1cccc(C(=O)OCC(=O)N2N=C(c3ccc(OC)cc3)CC2c2ccco2)c1. The Bertz CT molecular complexity index is 1250. The third kappa shape index (κ3) is 5.72. The highest BCUT2D eigenvalue weighted by atomic mass is 16.5.